The summed E-state index contributed by atoms with van der Waals surface area (Å²) in [5.74, 6) is -0.972. The Hall–Kier alpha value is -2.40. The molecule has 0 saturated carbocycles. The molecule has 5 N–H and O–H groups in total. The van der Waals surface area contributed by atoms with Gasteiger partial charge in [-0.3, -0.25) is 5.32 Å². The van der Waals surface area contributed by atoms with Crippen molar-refractivity contribution in [2.24, 2.45) is 10.7 Å². The van der Waals surface area contributed by atoms with E-state index in [2.05, 4.69) is 20.4 Å². The van der Waals surface area contributed by atoms with Crippen molar-refractivity contribution in [1.82, 2.24) is 10.6 Å². The summed E-state index contributed by atoms with van der Waals surface area (Å²) in [5.41, 5.74) is 4.24. The lowest BCUT2D eigenvalue weighted by molar-refractivity contribution is -0.151. The number of esters is 1. The van der Waals surface area contributed by atoms with Gasteiger partial charge in [0, 0.05) is 12.6 Å². The molecule has 1 unspecified atom stereocenters. The zero-order valence-electron chi connectivity index (χ0n) is 18.2. The first-order chi connectivity index (χ1) is 13.1. The van der Waals surface area contributed by atoms with Gasteiger partial charge in [0.1, 0.15) is 11.2 Å². The van der Waals surface area contributed by atoms with Crippen LogP contribution >= 0.6 is 0 Å². The summed E-state index contributed by atoms with van der Waals surface area (Å²) in [4.78, 5) is 38.9. The minimum absolute atomic E-state index is 0.157. The van der Waals surface area contributed by atoms with Crippen LogP contribution in [0.5, 0.6) is 0 Å². The predicted octanol–water partition coefficient (Wildman–Crippen LogP) is 1.03. The molecule has 11 heteroatoms. The highest BCUT2D eigenvalue weighted by Crippen LogP contribution is 2.09. The Bertz CT molecular complexity index is 594. The third-order valence-corrected chi connectivity index (χ3v) is 3.07. The van der Waals surface area contributed by atoms with E-state index < -0.39 is 41.5 Å². The van der Waals surface area contributed by atoms with Gasteiger partial charge in [-0.2, -0.15) is 0 Å². The molecule has 0 radical (unpaired) electrons. The smallest absolute Gasteiger partial charge is 0.437 e. The molecule has 0 heterocycles. The number of methoxy groups -OCH3 is 1. The Balaban J connectivity index is 4.88. The van der Waals surface area contributed by atoms with Crippen LogP contribution in [0.4, 0.5) is 9.59 Å². The highest BCUT2D eigenvalue weighted by atomic mass is 16.6. The first-order valence-electron chi connectivity index (χ1n) is 9.21. The van der Waals surface area contributed by atoms with Gasteiger partial charge in [0.15, 0.2) is 6.10 Å². The Labute approximate surface area is 171 Å². The van der Waals surface area contributed by atoms with E-state index in [1.54, 1.807) is 41.5 Å². The number of amides is 2. The molecule has 0 bridgehead atoms. The molecule has 0 aliphatic rings. The van der Waals surface area contributed by atoms with Gasteiger partial charge < -0.3 is 30.4 Å². The SMILES string of the molecule is COC(=O)C(O)[C@@H](N)CCCN/C(=N/C(=O)OC(C)(C)C)NC(=O)OC(C)(C)C. The molecule has 29 heavy (non-hydrogen) atoms. The second-order valence-electron chi connectivity index (χ2n) is 8.27. The van der Waals surface area contributed by atoms with Gasteiger partial charge in [-0.05, 0) is 54.4 Å². The topological polar surface area (TPSA) is 162 Å². The van der Waals surface area contributed by atoms with E-state index >= 15 is 0 Å². The van der Waals surface area contributed by atoms with Crippen LogP contribution in [0.15, 0.2) is 4.99 Å². The second kappa shape index (κ2) is 11.6. The van der Waals surface area contributed by atoms with E-state index in [-0.39, 0.29) is 18.9 Å². The average molecular weight is 418 g/mol. The van der Waals surface area contributed by atoms with Crippen molar-refractivity contribution in [3.05, 3.63) is 0 Å². The Morgan fingerprint density at radius 3 is 2.10 bits per heavy atom. The summed E-state index contributed by atoms with van der Waals surface area (Å²) >= 11 is 0. The molecule has 0 saturated heterocycles. The number of rotatable bonds is 6. The molecule has 0 aromatic heterocycles. The van der Waals surface area contributed by atoms with Crippen LogP contribution in [0.25, 0.3) is 0 Å². The number of guanidine groups is 1. The fourth-order valence-corrected chi connectivity index (χ4v) is 1.89. The van der Waals surface area contributed by atoms with E-state index in [1.165, 1.54) is 0 Å². The standard InChI is InChI=1S/C18H34N4O7/c1-17(2,3)28-15(25)21-14(22-16(26)29-18(4,5)6)20-10-8-9-11(19)12(23)13(24)27-7/h11-12,23H,8-10,19H2,1-7H3,(H2,20,21,22,25,26)/t11-,12?/m0/s1. The molecule has 0 spiro atoms. The van der Waals surface area contributed by atoms with Gasteiger partial charge in [-0.1, -0.05) is 0 Å². The van der Waals surface area contributed by atoms with Crippen LogP contribution in [0.2, 0.25) is 0 Å². The minimum Gasteiger partial charge on any atom is -0.467 e. The molecule has 2 atom stereocenters. The number of nitrogens with one attached hydrogen (secondary N) is 2. The zero-order chi connectivity index (χ0) is 22.8. The number of aliphatic hydroxyl groups excluding tert-OH is 1. The number of hydrogen-bond donors (Lipinski definition) is 4. The van der Waals surface area contributed by atoms with E-state index in [0.29, 0.717) is 6.42 Å². The maximum Gasteiger partial charge on any atom is 0.437 e. The molecule has 0 rings (SSSR count). The average Bonchev–Trinajstić information content (AvgIpc) is 2.53. The largest absolute Gasteiger partial charge is 0.467 e. The lowest BCUT2D eigenvalue weighted by Gasteiger charge is -2.21. The van der Waals surface area contributed by atoms with E-state index in [4.69, 9.17) is 15.2 Å². The molecule has 2 amide bonds. The van der Waals surface area contributed by atoms with Gasteiger partial charge in [0.25, 0.3) is 0 Å². The normalized spacial score (nSPS) is 14.4. The van der Waals surface area contributed by atoms with Crippen LogP contribution in [0, 0.1) is 0 Å². The van der Waals surface area contributed by atoms with Crippen LogP contribution < -0.4 is 16.4 Å². The quantitative estimate of drug-likeness (QED) is 0.162. The van der Waals surface area contributed by atoms with Crippen molar-refractivity contribution in [3.63, 3.8) is 0 Å². The summed E-state index contributed by atoms with van der Waals surface area (Å²) in [5, 5.41) is 14.8. The molecule has 11 nitrogen and oxygen atoms in total. The molecule has 0 aliphatic heterocycles. The van der Waals surface area contributed by atoms with E-state index in [0.717, 1.165) is 7.11 Å². The summed E-state index contributed by atoms with van der Waals surface area (Å²) < 4.78 is 14.7. The number of nitrogens with two attached hydrogens (primary N) is 1. The minimum atomic E-state index is -1.44. The molecular formula is C18H34N4O7. The molecule has 168 valence electrons. The van der Waals surface area contributed by atoms with Crippen molar-refractivity contribution in [2.45, 2.75) is 77.7 Å². The second-order valence-corrected chi connectivity index (χ2v) is 8.27. The molecule has 0 aromatic rings. The first-order valence-corrected chi connectivity index (χ1v) is 9.21. The summed E-state index contributed by atoms with van der Waals surface area (Å²) in [6.07, 6.45) is -2.46. The van der Waals surface area contributed by atoms with Gasteiger partial charge in [0.2, 0.25) is 5.96 Å². The summed E-state index contributed by atoms with van der Waals surface area (Å²) in [6, 6.07) is -0.825. The first kappa shape index (κ1) is 26.6. The third kappa shape index (κ3) is 13.4. The third-order valence-electron chi connectivity index (χ3n) is 3.07. The highest BCUT2D eigenvalue weighted by molar-refractivity contribution is 5.98. The van der Waals surface area contributed by atoms with Crippen molar-refractivity contribution in [1.29, 1.82) is 0 Å². The maximum absolute atomic E-state index is 12.0. The number of alkyl carbamates (subject to hydrolysis) is 1. The lowest BCUT2D eigenvalue weighted by atomic mass is 10.1. The van der Waals surface area contributed by atoms with E-state index in [1.807, 2.05) is 0 Å². The Kier molecular flexibility index (Phi) is 10.6. The Morgan fingerprint density at radius 1 is 1.07 bits per heavy atom. The molecule has 0 aliphatic carbocycles. The number of ether oxygens (including phenoxy) is 3. The maximum atomic E-state index is 12.0. The van der Waals surface area contributed by atoms with Crippen molar-refractivity contribution in [3.8, 4) is 0 Å². The van der Waals surface area contributed by atoms with E-state index in [9.17, 15) is 19.5 Å². The van der Waals surface area contributed by atoms with Crippen molar-refractivity contribution >= 4 is 24.1 Å². The summed E-state index contributed by atoms with van der Waals surface area (Å²) in [7, 11) is 1.15. The van der Waals surface area contributed by atoms with Gasteiger partial charge in [0.05, 0.1) is 7.11 Å². The highest BCUT2D eigenvalue weighted by Gasteiger charge is 2.23. The van der Waals surface area contributed by atoms with Crippen molar-refractivity contribution in [2.75, 3.05) is 13.7 Å². The van der Waals surface area contributed by atoms with Crippen LogP contribution in [0.3, 0.4) is 0 Å². The number of nitrogens with zero attached hydrogens (tertiary/aromatic N) is 1. The van der Waals surface area contributed by atoms with Gasteiger partial charge >= 0.3 is 18.2 Å². The van der Waals surface area contributed by atoms with Crippen LogP contribution in [0.1, 0.15) is 54.4 Å². The van der Waals surface area contributed by atoms with Gasteiger partial charge in [-0.25, -0.2) is 14.4 Å². The number of aliphatic imine (C=N–C) groups is 1. The number of carbonyl (C=O) groups is 3. The van der Waals surface area contributed by atoms with Crippen molar-refractivity contribution < 1.29 is 33.7 Å². The lowest BCUT2D eigenvalue weighted by Crippen LogP contribution is -2.45. The Morgan fingerprint density at radius 2 is 1.62 bits per heavy atom. The fraction of sp³-hybridized carbons (Fsp3) is 0.778. The molecular weight excluding hydrogens is 384 g/mol. The fourth-order valence-electron chi connectivity index (χ4n) is 1.89. The summed E-state index contributed by atoms with van der Waals surface area (Å²) in [6.45, 7) is 10.4. The zero-order valence-corrected chi connectivity index (χ0v) is 18.2. The predicted molar refractivity (Wildman–Crippen MR) is 106 cm³/mol. The van der Waals surface area contributed by atoms with Gasteiger partial charge in [-0.15, -0.1) is 4.99 Å². The van der Waals surface area contributed by atoms with Crippen LogP contribution in [-0.4, -0.2) is 66.2 Å². The number of aliphatic hydroxyl groups is 1. The number of carbonyl (C=O) groups excluding carboxylic acids is 3. The monoisotopic (exact) mass is 418 g/mol. The van der Waals surface area contributed by atoms with Crippen LogP contribution in [-0.2, 0) is 19.0 Å². The molecule has 0 fully saturated rings. The molecule has 0 aromatic carbocycles. The number of hydrogen-bond acceptors (Lipinski definition) is 8.